The van der Waals surface area contributed by atoms with Crippen molar-refractivity contribution in [2.45, 2.75) is 64.2 Å². The number of hydrogen-bond acceptors (Lipinski definition) is 0. The Morgan fingerprint density at radius 2 is 0.950 bits per heavy atom. The van der Waals surface area contributed by atoms with Crippen LogP contribution in [0.15, 0.2) is 109 Å². The fourth-order valence-electron chi connectivity index (χ4n) is 5.80. The summed E-state index contributed by atoms with van der Waals surface area (Å²) in [4.78, 5) is 7.10. The molecule has 2 heterocycles. The maximum Gasteiger partial charge on any atom is 0.0448 e. The van der Waals surface area contributed by atoms with Crippen LogP contribution in [0.3, 0.4) is 0 Å². The van der Waals surface area contributed by atoms with Crippen LogP contribution in [-0.2, 0) is 12.3 Å². The number of aromatic amines is 2. The summed E-state index contributed by atoms with van der Waals surface area (Å²) in [6, 6.07) is 35.7. The third-order valence-corrected chi connectivity index (χ3v) is 13.8. The molecular weight excluding hydrogens is 522 g/mol. The number of rotatable bonds is 8. The zero-order chi connectivity index (χ0) is 28.3. The third kappa shape index (κ3) is 6.52. The van der Waals surface area contributed by atoms with Crippen molar-refractivity contribution >= 4 is 26.7 Å². The summed E-state index contributed by atoms with van der Waals surface area (Å²) in [5, 5.41) is 0.499. The Labute approximate surface area is 243 Å². The third-order valence-electron chi connectivity index (χ3n) is 7.53. The molecule has 0 saturated heterocycles. The van der Waals surface area contributed by atoms with E-state index in [4.69, 9.17) is 0 Å². The minimum atomic E-state index is -0.600. The molecule has 0 spiro atoms. The summed E-state index contributed by atoms with van der Waals surface area (Å²) in [5.74, 6) is 0. The smallest absolute Gasteiger partial charge is 0.0448 e. The van der Waals surface area contributed by atoms with Gasteiger partial charge in [0.1, 0.15) is 0 Å². The fraction of sp³-hybridized carbons (Fsp3) is 0.278. The van der Waals surface area contributed by atoms with Crippen molar-refractivity contribution in [1.29, 1.82) is 0 Å². The molecule has 40 heavy (non-hydrogen) atoms. The highest BCUT2D eigenvalue weighted by Gasteiger charge is 2.35. The number of benzene rings is 3. The average molecular weight is 565 g/mol. The molecule has 0 unspecified atom stereocenters. The van der Waals surface area contributed by atoms with Crippen LogP contribution in [0.25, 0.3) is 22.3 Å². The van der Waals surface area contributed by atoms with Gasteiger partial charge in [-0.2, -0.15) is 0 Å². The Balaban J connectivity index is 1.73. The molecule has 0 aliphatic rings. The van der Waals surface area contributed by atoms with E-state index in [2.05, 4.69) is 161 Å². The zero-order valence-corrected chi connectivity index (χ0v) is 26.5. The summed E-state index contributed by atoms with van der Waals surface area (Å²) in [6.45, 7) is 14.6. The van der Waals surface area contributed by atoms with Crippen LogP contribution < -0.4 is 10.9 Å². The van der Waals surface area contributed by atoms with Gasteiger partial charge in [0.15, 0.2) is 0 Å². The number of H-pyrrole nitrogens is 2. The first-order valence-corrected chi connectivity index (χ1v) is 17.3. The molecule has 3 aromatic carbocycles. The molecule has 2 aromatic heterocycles. The van der Waals surface area contributed by atoms with E-state index >= 15 is 0 Å². The van der Waals surface area contributed by atoms with E-state index < -0.39 is 7.92 Å². The van der Waals surface area contributed by atoms with E-state index in [0.29, 0.717) is 0 Å². The number of hydrogen-bond donors (Lipinski definition) is 2. The van der Waals surface area contributed by atoms with Crippen molar-refractivity contribution < 1.29 is 0 Å². The SMILES string of the molecule is CC(C)(C)P(Cc1cc(-c2ccccc2)c(-c2ccccc2)cc1CP(c1ccc[nH]1)c1ccc[nH]1)C(C)(C)C. The van der Waals surface area contributed by atoms with Crippen molar-refractivity contribution in [2.75, 3.05) is 0 Å². The van der Waals surface area contributed by atoms with Gasteiger partial charge in [-0.15, -0.1) is 0 Å². The maximum atomic E-state index is 3.55. The van der Waals surface area contributed by atoms with Crippen LogP contribution >= 0.6 is 15.8 Å². The zero-order valence-electron chi connectivity index (χ0n) is 24.7. The van der Waals surface area contributed by atoms with Crippen molar-refractivity contribution in [2.24, 2.45) is 0 Å². The highest BCUT2D eigenvalue weighted by Crippen LogP contribution is 2.62. The van der Waals surface area contributed by atoms with Crippen LogP contribution in [0.1, 0.15) is 52.7 Å². The molecule has 206 valence electrons. The summed E-state index contributed by atoms with van der Waals surface area (Å²) >= 11 is 0. The quantitative estimate of drug-likeness (QED) is 0.176. The van der Waals surface area contributed by atoms with Gasteiger partial charge in [0.05, 0.1) is 0 Å². The molecule has 0 bridgehead atoms. The molecule has 0 aliphatic heterocycles. The van der Waals surface area contributed by atoms with Crippen LogP contribution in [0, 0.1) is 0 Å². The van der Waals surface area contributed by atoms with E-state index in [-0.39, 0.29) is 18.2 Å². The Morgan fingerprint density at radius 1 is 0.525 bits per heavy atom. The summed E-state index contributed by atoms with van der Waals surface area (Å²) < 4.78 is 0. The van der Waals surface area contributed by atoms with Gasteiger partial charge in [-0.05, 0) is 94.2 Å². The van der Waals surface area contributed by atoms with Crippen molar-refractivity contribution in [3.63, 3.8) is 0 Å². The van der Waals surface area contributed by atoms with E-state index in [1.54, 1.807) is 0 Å². The minimum absolute atomic E-state index is 0.250. The van der Waals surface area contributed by atoms with E-state index in [0.717, 1.165) is 12.3 Å². The largest absolute Gasteiger partial charge is 0.361 e. The van der Waals surface area contributed by atoms with Crippen molar-refractivity contribution in [3.8, 4) is 22.3 Å². The van der Waals surface area contributed by atoms with Gasteiger partial charge < -0.3 is 9.97 Å². The van der Waals surface area contributed by atoms with Gasteiger partial charge in [0.25, 0.3) is 0 Å². The lowest BCUT2D eigenvalue weighted by atomic mass is 9.91. The van der Waals surface area contributed by atoms with Gasteiger partial charge in [-0.1, -0.05) is 110 Å². The van der Waals surface area contributed by atoms with Crippen LogP contribution in [0.5, 0.6) is 0 Å². The Kier molecular flexibility index (Phi) is 8.51. The summed E-state index contributed by atoms with van der Waals surface area (Å²) in [7, 11) is -0.903. The second kappa shape index (κ2) is 11.9. The first-order chi connectivity index (χ1) is 19.1. The van der Waals surface area contributed by atoms with Gasteiger partial charge >= 0.3 is 0 Å². The van der Waals surface area contributed by atoms with Crippen molar-refractivity contribution in [1.82, 2.24) is 9.97 Å². The summed E-state index contributed by atoms with van der Waals surface area (Å²) in [6.07, 6.45) is 6.23. The van der Waals surface area contributed by atoms with Crippen molar-refractivity contribution in [3.05, 3.63) is 121 Å². The van der Waals surface area contributed by atoms with Gasteiger partial charge in [-0.3, -0.25) is 0 Å². The molecule has 0 atom stereocenters. The Hall–Kier alpha value is -2.92. The second-order valence-corrected chi connectivity index (χ2v) is 18.5. The van der Waals surface area contributed by atoms with Gasteiger partial charge in [-0.25, -0.2) is 0 Å². The lowest BCUT2D eigenvalue weighted by Gasteiger charge is -2.42. The van der Waals surface area contributed by atoms with E-state index in [9.17, 15) is 0 Å². The number of nitrogens with one attached hydrogen (secondary N) is 2. The minimum Gasteiger partial charge on any atom is -0.361 e. The van der Waals surface area contributed by atoms with Crippen LogP contribution in [0.2, 0.25) is 0 Å². The lowest BCUT2D eigenvalue weighted by Crippen LogP contribution is -2.26. The van der Waals surface area contributed by atoms with Gasteiger partial charge in [0, 0.05) is 29.4 Å². The fourth-order valence-corrected chi connectivity index (χ4v) is 11.6. The molecule has 0 radical (unpaired) electrons. The normalized spacial score (nSPS) is 12.4. The molecule has 4 heteroatoms. The molecule has 5 aromatic rings. The molecule has 2 N–H and O–H groups in total. The topological polar surface area (TPSA) is 31.6 Å². The molecule has 0 fully saturated rings. The predicted octanol–water partition coefficient (Wildman–Crippen LogP) is 9.89. The number of aromatic nitrogens is 2. The molecule has 0 amide bonds. The monoisotopic (exact) mass is 564 g/mol. The molecule has 2 nitrogen and oxygen atoms in total. The summed E-state index contributed by atoms with van der Waals surface area (Å²) in [5.41, 5.74) is 10.8. The molecular formula is C36H42N2P2. The maximum absolute atomic E-state index is 3.55. The van der Waals surface area contributed by atoms with E-state index in [1.807, 2.05) is 0 Å². The average Bonchev–Trinajstić information content (AvgIpc) is 3.65. The van der Waals surface area contributed by atoms with Crippen LogP contribution in [-0.4, -0.2) is 20.3 Å². The molecule has 0 saturated carbocycles. The first-order valence-electron chi connectivity index (χ1n) is 14.2. The van der Waals surface area contributed by atoms with Gasteiger partial charge in [0.2, 0.25) is 0 Å². The Bertz CT molecular complexity index is 1440. The predicted molar refractivity (Wildman–Crippen MR) is 179 cm³/mol. The molecule has 5 rings (SSSR count). The lowest BCUT2D eigenvalue weighted by molar-refractivity contribution is 0.702. The second-order valence-electron chi connectivity index (χ2n) is 12.5. The highest BCUT2D eigenvalue weighted by atomic mass is 31.1. The Morgan fingerprint density at radius 3 is 1.32 bits per heavy atom. The van der Waals surface area contributed by atoms with Crippen LogP contribution in [0.4, 0.5) is 0 Å². The highest BCUT2D eigenvalue weighted by molar-refractivity contribution is 7.71. The molecule has 0 aliphatic carbocycles. The standard InChI is InChI=1S/C36H42N2P2/c1-35(2,3)40(36(4,5)6)26-30-24-32(28-17-11-8-12-18-28)31(27-15-9-7-10-16-27)23-29(30)25-39(33-19-13-21-37-33)34-20-14-22-38-34/h7-24,37-38H,25-26H2,1-6H3. The first kappa shape index (κ1) is 28.6. The van der Waals surface area contributed by atoms with E-state index in [1.165, 1.54) is 44.3 Å².